The lowest BCUT2D eigenvalue weighted by molar-refractivity contribution is 0.0682. The molecule has 0 bridgehead atoms. The van der Waals surface area contributed by atoms with E-state index in [2.05, 4.69) is 9.97 Å². The normalized spacial score (nSPS) is 18.6. The summed E-state index contributed by atoms with van der Waals surface area (Å²) < 4.78 is 87.3. The maximum absolute atomic E-state index is 15.1. The van der Waals surface area contributed by atoms with E-state index in [1.807, 2.05) is 4.90 Å². The number of hydrogen-bond acceptors (Lipinski definition) is 7. The van der Waals surface area contributed by atoms with Crippen molar-refractivity contribution in [2.24, 2.45) is 5.92 Å². The summed E-state index contributed by atoms with van der Waals surface area (Å²) in [6.45, 7) is 3.42. The molecule has 7 rings (SSSR count). The van der Waals surface area contributed by atoms with Crippen LogP contribution in [0, 0.1) is 37.2 Å². The molecule has 2 saturated carbocycles. The Bertz CT molecular complexity index is 2190. The Morgan fingerprint density at radius 2 is 1.41 bits per heavy atom. The van der Waals surface area contributed by atoms with Crippen molar-refractivity contribution in [3.8, 4) is 0 Å². The highest BCUT2D eigenvalue weighted by Gasteiger charge is 2.36. The number of carboxylic acid groups (broad SMARTS) is 1. The van der Waals surface area contributed by atoms with E-state index in [9.17, 15) is 46.1 Å². The fourth-order valence-corrected chi connectivity index (χ4v) is 6.98. The SMILES string of the molecule is CN[C@@H]1CN(c2c(F)cc3c(=O)c(C(=O)O)cn(C4CC4)c3c2C)C[C@@H]1CF.Cc1c(F)c(F)cc2c(=O)c(C(=O)OB(F)F)cn(C3CC3)c12. The lowest BCUT2D eigenvalue weighted by atomic mass is 10.0. The molecule has 17 heteroatoms. The average molecular weight is 718 g/mol. The molecule has 4 aromatic rings. The average Bonchev–Trinajstić information content (AvgIpc) is 4.02. The molecule has 2 aromatic heterocycles. The van der Waals surface area contributed by atoms with Crippen LogP contribution in [0.15, 0.2) is 34.1 Å². The number of carbonyl (C=O) groups excluding carboxylic acids is 1. The van der Waals surface area contributed by atoms with Gasteiger partial charge in [0, 0.05) is 65.9 Å². The summed E-state index contributed by atoms with van der Waals surface area (Å²) in [5.41, 5.74) is -1.02. The number of hydrogen-bond donors (Lipinski definition) is 2. The van der Waals surface area contributed by atoms with Crippen molar-refractivity contribution in [3.05, 3.63) is 84.7 Å². The zero-order valence-corrected chi connectivity index (χ0v) is 27.7. The van der Waals surface area contributed by atoms with E-state index in [0.29, 0.717) is 35.9 Å². The van der Waals surface area contributed by atoms with Crippen LogP contribution in [-0.2, 0) is 4.65 Å². The third-order valence-corrected chi connectivity index (χ3v) is 9.77. The highest BCUT2D eigenvalue weighted by molar-refractivity contribution is 6.38. The second-order valence-corrected chi connectivity index (χ2v) is 13.1. The summed E-state index contributed by atoms with van der Waals surface area (Å²) in [7, 11) is -1.61. The first-order valence-corrected chi connectivity index (χ1v) is 16.3. The second kappa shape index (κ2) is 13.7. The van der Waals surface area contributed by atoms with Crippen molar-refractivity contribution in [2.75, 3.05) is 31.7 Å². The predicted molar refractivity (Wildman–Crippen MR) is 177 cm³/mol. The third kappa shape index (κ3) is 6.58. The standard InChI is InChI=1S/C20H23F2N3O3.C14H10BF4NO3/c1-10-17-13(19(26)14(20(27)28)8-25(17)12-3-4-12)5-15(22)18(10)24-7-11(6-21)16(9-24)23-2;1-6-11(17)10(16)4-8-12(6)20(7-2-3-7)5-9(13(8)21)14(22)23-15(18)19/h5,8,11-12,16,23H,3-4,6-7,9H2,1-2H3,(H,27,28);4-5,7H,2-3H2,1H3/t11-,16+;/m0./s1. The Balaban J connectivity index is 0.000000179. The quantitative estimate of drug-likeness (QED) is 0.182. The Kier molecular flexibility index (Phi) is 9.70. The van der Waals surface area contributed by atoms with Crippen LogP contribution < -0.4 is 21.1 Å². The van der Waals surface area contributed by atoms with Crippen LogP contribution in [0.5, 0.6) is 0 Å². The number of nitrogens with zero attached hydrogens (tertiary/aromatic N) is 3. The minimum Gasteiger partial charge on any atom is -0.477 e. The monoisotopic (exact) mass is 718 g/mol. The molecule has 0 radical (unpaired) electrons. The molecule has 2 aromatic carbocycles. The number of nitrogens with one attached hydrogen (secondary N) is 1. The minimum absolute atomic E-state index is 0.0715. The van der Waals surface area contributed by atoms with E-state index < -0.39 is 60.0 Å². The molecule has 3 heterocycles. The van der Waals surface area contributed by atoms with E-state index >= 15 is 4.39 Å². The Morgan fingerprint density at radius 1 is 0.882 bits per heavy atom. The van der Waals surface area contributed by atoms with Gasteiger partial charge in [0.15, 0.2) is 11.6 Å². The van der Waals surface area contributed by atoms with Crippen molar-refractivity contribution in [1.82, 2.24) is 14.5 Å². The highest BCUT2D eigenvalue weighted by atomic mass is 19.2. The van der Waals surface area contributed by atoms with Gasteiger partial charge in [-0.2, -0.15) is 0 Å². The van der Waals surface area contributed by atoms with Gasteiger partial charge in [-0.1, -0.05) is 0 Å². The molecular weight excluding hydrogens is 685 g/mol. The number of carbonyl (C=O) groups is 2. The Morgan fingerprint density at radius 3 is 1.90 bits per heavy atom. The molecule has 0 spiro atoms. The number of aromatic nitrogens is 2. The smallest absolute Gasteiger partial charge is 0.477 e. The number of rotatable bonds is 8. The van der Waals surface area contributed by atoms with E-state index in [0.717, 1.165) is 37.9 Å². The zero-order valence-electron chi connectivity index (χ0n) is 27.7. The van der Waals surface area contributed by atoms with E-state index in [1.165, 1.54) is 17.7 Å². The summed E-state index contributed by atoms with van der Waals surface area (Å²) >= 11 is 0. The fraction of sp³-hybridized carbons (Fsp3) is 0.412. The molecule has 0 amide bonds. The topological polar surface area (TPSA) is 123 Å². The number of aromatic carboxylic acids is 1. The first-order valence-electron chi connectivity index (χ1n) is 16.3. The largest absolute Gasteiger partial charge is 0.798 e. The minimum atomic E-state index is -3.38. The van der Waals surface area contributed by atoms with E-state index in [-0.39, 0.29) is 51.5 Å². The van der Waals surface area contributed by atoms with Crippen LogP contribution >= 0.6 is 0 Å². The predicted octanol–water partition coefficient (Wildman–Crippen LogP) is 5.48. The number of halogens is 6. The van der Waals surface area contributed by atoms with Gasteiger partial charge < -0.3 is 29.1 Å². The number of alkyl halides is 1. The maximum Gasteiger partial charge on any atom is 0.798 e. The number of pyridine rings is 2. The molecular formula is C34H33BF6N4O6. The molecule has 2 atom stereocenters. The van der Waals surface area contributed by atoms with Crippen LogP contribution in [0.25, 0.3) is 21.8 Å². The van der Waals surface area contributed by atoms with Gasteiger partial charge in [0.2, 0.25) is 10.9 Å². The lowest BCUT2D eigenvalue weighted by Crippen LogP contribution is -2.34. The van der Waals surface area contributed by atoms with Gasteiger partial charge in [-0.05, 0) is 64.3 Å². The number of fused-ring (bicyclic) bond motifs is 2. The van der Waals surface area contributed by atoms with Crippen LogP contribution in [0.1, 0.15) is 69.6 Å². The Hall–Kier alpha value is -4.80. The maximum atomic E-state index is 15.1. The van der Waals surface area contributed by atoms with Crippen LogP contribution in [-0.4, -0.2) is 66.5 Å². The summed E-state index contributed by atoms with van der Waals surface area (Å²) in [5.74, 6) is -5.96. The van der Waals surface area contributed by atoms with Crippen LogP contribution in [0.2, 0.25) is 0 Å². The molecule has 51 heavy (non-hydrogen) atoms. The molecule has 270 valence electrons. The summed E-state index contributed by atoms with van der Waals surface area (Å²) in [6, 6.07) is 1.75. The van der Waals surface area contributed by atoms with E-state index in [4.69, 9.17) is 0 Å². The zero-order chi connectivity index (χ0) is 37.0. The molecule has 2 N–H and O–H groups in total. The first-order chi connectivity index (χ1) is 24.2. The van der Waals surface area contributed by atoms with Gasteiger partial charge in [-0.25, -0.2) is 31.4 Å². The van der Waals surface area contributed by atoms with E-state index in [1.54, 1.807) is 18.5 Å². The first kappa shape index (κ1) is 36.0. The second-order valence-electron chi connectivity index (χ2n) is 13.1. The highest BCUT2D eigenvalue weighted by Crippen LogP contribution is 2.41. The number of benzene rings is 2. The number of carboxylic acids is 1. The molecule has 2 aliphatic carbocycles. The summed E-state index contributed by atoms with van der Waals surface area (Å²) in [6.07, 6.45) is 5.68. The molecule has 1 aliphatic heterocycles. The van der Waals surface area contributed by atoms with Crippen LogP contribution in [0.3, 0.4) is 0 Å². The van der Waals surface area contributed by atoms with Gasteiger partial charge >= 0.3 is 19.4 Å². The van der Waals surface area contributed by atoms with Gasteiger partial charge in [-0.15, -0.1) is 0 Å². The third-order valence-electron chi connectivity index (χ3n) is 9.77. The molecule has 3 aliphatic rings. The van der Waals surface area contributed by atoms with Crippen LogP contribution in [0.4, 0.5) is 31.9 Å². The van der Waals surface area contributed by atoms with Crippen molar-refractivity contribution in [1.29, 1.82) is 0 Å². The van der Waals surface area contributed by atoms with Crippen molar-refractivity contribution in [3.63, 3.8) is 0 Å². The lowest BCUT2D eigenvalue weighted by Gasteiger charge is -2.24. The number of likely N-dealkylation sites (N-methyl/N-ethyl adjacent to an activating group) is 1. The van der Waals surface area contributed by atoms with Gasteiger partial charge in [0.1, 0.15) is 16.9 Å². The van der Waals surface area contributed by atoms with Gasteiger partial charge in [0.05, 0.1) is 23.4 Å². The van der Waals surface area contributed by atoms with Crippen molar-refractivity contribution >= 4 is 46.9 Å². The summed E-state index contributed by atoms with van der Waals surface area (Å²) in [5, 5.41) is 12.3. The molecule has 10 nitrogen and oxygen atoms in total. The Labute approximate surface area is 286 Å². The van der Waals surface area contributed by atoms with Crippen molar-refractivity contribution < 1.29 is 45.5 Å². The molecule has 0 unspecified atom stereocenters. The van der Waals surface area contributed by atoms with Gasteiger partial charge in [-0.3, -0.25) is 14.0 Å². The van der Waals surface area contributed by atoms with Gasteiger partial charge in [0.25, 0.3) is 0 Å². The molecule has 3 fully saturated rings. The fourth-order valence-electron chi connectivity index (χ4n) is 6.98. The number of aryl methyl sites for hydroxylation is 2. The molecule has 1 saturated heterocycles. The number of anilines is 1. The summed E-state index contributed by atoms with van der Waals surface area (Å²) in [4.78, 5) is 50.0. The van der Waals surface area contributed by atoms with Crippen molar-refractivity contribution in [2.45, 2.75) is 57.7 Å².